The molecule has 3 N–H and O–H groups in total. The molecule has 1 aromatic heterocycles. The van der Waals surface area contributed by atoms with Gasteiger partial charge in [-0.2, -0.15) is 0 Å². The first-order valence-corrected chi connectivity index (χ1v) is 6.98. The number of aliphatic hydroxyl groups is 1. The molecular formula is C15H17N3O3. The highest BCUT2D eigenvalue weighted by Gasteiger charge is 2.18. The van der Waals surface area contributed by atoms with Gasteiger partial charge in [0.15, 0.2) is 0 Å². The van der Waals surface area contributed by atoms with Gasteiger partial charge in [-0.1, -0.05) is 0 Å². The summed E-state index contributed by atoms with van der Waals surface area (Å²) in [5.74, 6) is 1.31. The molecule has 1 aliphatic heterocycles. The topological polar surface area (TPSA) is 87.4 Å². The zero-order valence-corrected chi connectivity index (χ0v) is 11.5. The summed E-state index contributed by atoms with van der Waals surface area (Å²) in [5.41, 5.74) is 0.798. The normalized spacial score (nSPS) is 13.8. The number of aromatic nitrogens is 2. The van der Waals surface area contributed by atoms with Crippen LogP contribution in [0.25, 0.3) is 0 Å². The number of phenols is 1. The van der Waals surface area contributed by atoms with Gasteiger partial charge < -0.3 is 15.5 Å². The Morgan fingerprint density at radius 2 is 2.00 bits per heavy atom. The third-order valence-corrected chi connectivity index (χ3v) is 3.66. The van der Waals surface area contributed by atoms with Crippen LogP contribution in [0.3, 0.4) is 0 Å². The molecule has 0 bridgehead atoms. The maximum atomic E-state index is 12.4. The smallest absolute Gasteiger partial charge is 0.261 e. The van der Waals surface area contributed by atoms with E-state index < -0.39 is 0 Å². The lowest BCUT2D eigenvalue weighted by Crippen LogP contribution is -2.31. The first-order valence-electron chi connectivity index (χ1n) is 6.98. The van der Waals surface area contributed by atoms with Crippen LogP contribution in [0.15, 0.2) is 29.1 Å². The molecular weight excluding hydrogens is 270 g/mol. The summed E-state index contributed by atoms with van der Waals surface area (Å²) in [6.45, 7) is 0.306. The van der Waals surface area contributed by atoms with Crippen molar-refractivity contribution in [3.63, 3.8) is 0 Å². The van der Waals surface area contributed by atoms with Crippen LogP contribution < -0.4 is 10.9 Å². The van der Waals surface area contributed by atoms with E-state index in [1.54, 1.807) is 28.8 Å². The fourth-order valence-electron chi connectivity index (χ4n) is 2.54. The van der Waals surface area contributed by atoms with Crippen LogP contribution >= 0.6 is 0 Å². The fourth-order valence-corrected chi connectivity index (χ4v) is 2.54. The number of fused-ring (bicyclic) bond motifs is 1. The molecule has 0 saturated heterocycles. The summed E-state index contributed by atoms with van der Waals surface area (Å²) in [5, 5.41) is 21.8. The molecule has 0 amide bonds. The molecule has 0 aliphatic carbocycles. The second kappa shape index (κ2) is 5.57. The Hall–Kier alpha value is -2.34. The molecule has 2 aromatic rings. The number of aryl methyl sites for hydroxylation is 1. The number of benzene rings is 1. The van der Waals surface area contributed by atoms with E-state index in [1.165, 1.54) is 0 Å². The Morgan fingerprint density at radius 3 is 2.71 bits per heavy atom. The van der Waals surface area contributed by atoms with Gasteiger partial charge in [0.1, 0.15) is 17.4 Å². The summed E-state index contributed by atoms with van der Waals surface area (Å²) in [6, 6.07) is 6.48. The Bertz CT molecular complexity index is 707. The molecule has 0 atom stereocenters. The second-order valence-corrected chi connectivity index (χ2v) is 5.10. The van der Waals surface area contributed by atoms with Crippen molar-refractivity contribution in [1.82, 2.24) is 9.55 Å². The van der Waals surface area contributed by atoms with Crippen LogP contribution in [0.2, 0.25) is 0 Å². The highest BCUT2D eigenvalue weighted by atomic mass is 16.3. The van der Waals surface area contributed by atoms with Crippen molar-refractivity contribution in [1.29, 1.82) is 0 Å². The van der Waals surface area contributed by atoms with Gasteiger partial charge in [0.2, 0.25) is 0 Å². The van der Waals surface area contributed by atoms with Crippen molar-refractivity contribution in [2.24, 2.45) is 0 Å². The lowest BCUT2D eigenvalue weighted by Gasteiger charge is -2.20. The van der Waals surface area contributed by atoms with E-state index in [0.717, 1.165) is 25.1 Å². The largest absolute Gasteiger partial charge is 0.508 e. The number of rotatable bonds is 3. The van der Waals surface area contributed by atoms with Crippen LogP contribution in [0.1, 0.15) is 24.2 Å². The monoisotopic (exact) mass is 287 g/mol. The van der Waals surface area contributed by atoms with Crippen LogP contribution in [0, 0.1) is 0 Å². The molecule has 1 aromatic carbocycles. The van der Waals surface area contributed by atoms with Crippen molar-refractivity contribution in [3.8, 4) is 5.75 Å². The molecule has 1 aliphatic rings. The van der Waals surface area contributed by atoms with E-state index in [0.29, 0.717) is 18.1 Å². The minimum atomic E-state index is -0.355. The summed E-state index contributed by atoms with van der Waals surface area (Å²) in [7, 11) is 0. The average Bonchev–Trinajstić information content (AvgIpc) is 2.50. The molecule has 110 valence electrons. The molecule has 0 fully saturated rings. The maximum Gasteiger partial charge on any atom is 0.261 e. The minimum Gasteiger partial charge on any atom is -0.508 e. The highest BCUT2D eigenvalue weighted by molar-refractivity contribution is 5.59. The van der Waals surface area contributed by atoms with Crippen LogP contribution in [-0.2, 0) is 19.6 Å². The van der Waals surface area contributed by atoms with E-state index >= 15 is 0 Å². The Labute approximate surface area is 121 Å². The van der Waals surface area contributed by atoms with Crippen LogP contribution in [0.4, 0.5) is 11.5 Å². The number of nitrogens with one attached hydrogen (secondary N) is 1. The molecule has 0 unspecified atom stereocenters. The van der Waals surface area contributed by atoms with Crippen molar-refractivity contribution in [2.45, 2.75) is 32.4 Å². The number of phenolic OH excluding ortho intramolecular Hbond substituents is 1. The molecule has 0 radical (unpaired) electrons. The summed E-state index contributed by atoms with van der Waals surface area (Å²) >= 11 is 0. The lowest BCUT2D eigenvalue weighted by molar-refractivity contribution is 0.278. The Morgan fingerprint density at radius 1 is 1.24 bits per heavy atom. The van der Waals surface area contributed by atoms with Gasteiger partial charge >= 0.3 is 0 Å². The number of nitrogens with zero attached hydrogens (tertiary/aromatic N) is 2. The average molecular weight is 287 g/mol. The van der Waals surface area contributed by atoms with Gasteiger partial charge in [-0.3, -0.25) is 9.36 Å². The summed E-state index contributed by atoms with van der Waals surface area (Å²) < 4.78 is 1.65. The molecule has 21 heavy (non-hydrogen) atoms. The van der Waals surface area contributed by atoms with Gasteiger partial charge in [-0.15, -0.1) is 0 Å². The second-order valence-electron chi connectivity index (χ2n) is 5.10. The molecule has 6 nitrogen and oxygen atoms in total. The lowest BCUT2D eigenvalue weighted by atomic mass is 10.1. The third-order valence-electron chi connectivity index (χ3n) is 3.66. The van der Waals surface area contributed by atoms with E-state index in [1.807, 2.05) is 0 Å². The van der Waals surface area contributed by atoms with Gasteiger partial charge in [-0.05, 0) is 37.1 Å². The van der Waals surface area contributed by atoms with Gasteiger partial charge in [0.25, 0.3) is 5.56 Å². The van der Waals surface area contributed by atoms with Crippen molar-refractivity contribution < 1.29 is 10.2 Å². The van der Waals surface area contributed by atoms with E-state index in [9.17, 15) is 15.0 Å². The fraction of sp³-hybridized carbons (Fsp3) is 0.333. The molecule has 0 spiro atoms. The molecule has 2 heterocycles. The quantitative estimate of drug-likeness (QED) is 0.745. The summed E-state index contributed by atoms with van der Waals surface area (Å²) in [4.78, 5) is 16.9. The van der Waals surface area contributed by atoms with E-state index in [-0.39, 0.29) is 23.5 Å². The summed E-state index contributed by atoms with van der Waals surface area (Å²) in [6.07, 6.45) is 2.75. The predicted molar refractivity (Wildman–Crippen MR) is 78.7 cm³/mol. The highest BCUT2D eigenvalue weighted by Crippen LogP contribution is 2.21. The Kier molecular flexibility index (Phi) is 3.62. The molecule has 6 heteroatoms. The molecule has 0 saturated carbocycles. The first-order chi connectivity index (χ1) is 10.2. The third kappa shape index (κ3) is 2.62. The van der Waals surface area contributed by atoms with Crippen molar-refractivity contribution >= 4 is 11.5 Å². The maximum absolute atomic E-state index is 12.4. The van der Waals surface area contributed by atoms with Crippen molar-refractivity contribution in [2.75, 3.05) is 5.32 Å². The van der Waals surface area contributed by atoms with Gasteiger partial charge in [-0.25, -0.2) is 4.98 Å². The van der Waals surface area contributed by atoms with Gasteiger partial charge in [0, 0.05) is 18.7 Å². The van der Waals surface area contributed by atoms with E-state index in [4.69, 9.17) is 0 Å². The number of hydrogen-bond acceptors (Lipinski definition) is 5. The number of hydrogen-bond donors (Lipinski definition) is 3. The van der Waals surface area contributed by atoms with Crippen LogP contribution in [0.5, 0.6) is 5.75 Å². The van der Waals surface area contributed by atoms with E-state index in [2.05, 4.69) is 10.3 Å². The number of aliphatic hydroxyl groups excluding tert-OH is 1. The minimum absolute atomic E-state index is 0.168. The predicted octanol–water partition coefficient (Wildman–Crippen LogP) is 1.52. The molecule has 3 rings (SSSR count). The Balaban J connectivity index is 2.03. The standard InChI is InChI=1S/C15H17N3O3/c19-9-12-14(16-10-4-6-11(20)7-5-10)17-13-3-1-2-8-18(13)15(12)21/h4-7,16,19-20H,1-3,8-9H2. The van der Waals surface area contributed by atoms with Crippen LogP contribution in [-0.4, -0.2) is 19.8 Å². The zero-order valence-electron chi connectivity index (χ0n) is 11.5. The number of anilines is 2. The zero-order chi connectivity index (χ0) is 14.8. The SMILES string of the molecule is O=c1c(CO)c(Nc2ccc(O)cc2)nc2n1CCCC2. The first kappa shape index (κ1) is 13.6. The van der Waals surface area contributed by atoms with Crippen molar-refractivity contribution in [3.05, 3.63) is 46.0 Å². The number of aromatic hydroxyl groups is 1. The van der Waals surface area contributed by atoms with Gasteiger partial charge in [0.05, 0.1) is 12.2 Å².